The van der Waals surface area contributed by atoms with Crippen LogP contribution in [0.25, 0.3) is 0 Å². The maximum Gasteiger partial charge on any atom is 0.433 e. The summed E-state index contributed by atoms with van der Waals surface area (Å²) >= 11 is 0. The molecule has 0 fully saturated rings. The molecule has 0 unspecified atom stereocenters. The molecule has 0 aliphatic heterocycles. The minimum absolute atomic E-state index is 0.0261. The highest BCUT2D eigenvalue weighted by molar-refractivity contribution is 5.71. The van der Waals surface area contributed by atoms with Crippen LogP contribution in [0, 0.1) is 0 Å². The van der Waals surface area contributed by atoms with Crippen molar-refractivity contribution in [1.82, 2.24) is 10.5 Å². The molecular weight excluding hydrogens is 213 g/mol. The lowest BCUT2D eigenvalue weighted by molar-refractivity contribution is -0.141. The number of nitrogens with zero attached hydrogens (tertiary/aromatic N) is 1. The van der Waals surface area contributed by atoms with Crippen LogP contribution in [0.1, 0.15) is 12.6 Å². The number of carbonyl (C=O) groups excluding carboxylic acids is 1. The molecule has 1 aromatic heterocycles. The van der Waals surface area contributed by atoms with Gasteiger partial charge in [-0.05, 0) is 12.1 Å². The Morgan fingerprint density at radius 3 is 2.53 bits per heavy atom. The first-order valence-electron chi connectivity index (χ1n) is 3.86. The van der Waals surface area contributed by atoms with Gasteiger partial charge in [0.1, 0.15) is 5.69 Å². The number of rotatable bonds is 2. The fraction of sp³-hybridized carbons (Fsp3) is 0.250. The summed E-state index contributed by atoms with van der Waals surface area (Å²) in [5.41, 5.74) is 0.944. The Bertz CT molecular complexity index is 348. The van der Waals surface area contributed by atoms with Crippen LogP contribution in [0.3, 0.4) is 0 Å². The molecule has 0 bridgehead atoms. The van der Waals surface area contributed by atoms with E-state index in [0.717, 1.165) is 18.3 Å². The number of alkyl halides is 3. The first kappa shape index (κ1) is 11.3. The van der Waals surface area contributed by atoms with Gasteiger partial charge in [-0.15, -0.1) is 0 Å². The fourth-order valence-corrected chi connectivity index (χ4v) is 0.739. The zero-order chi connectivity index (χ0) is 11.5. The Morgan fingerprint density at radius 2 is 2.13 bits per heavy atom. The van der Waals surface area contributed by atoms with Gasteiger partial charge in [-0.1, -0.05) is 0 Å². The zero-order valence-corrected chi connectivity index (χ0v) is 7.63. The molecule has 0 spiro atoms. The summed E-state index contributed by atoms with van der Waals surface area (Å²) in [6.45, 7) is 1.21. The van der Waals surface area contributed by atoms with Gasteiger partial charge < -0.3 is 4.84 Å². The second kappa shape index (κ2) is 4.16. The molecule has 1 N–H and O–H groups in total. The maximum absolute atomic E-state index is 12.1. The van der Waals surface area contributed by atoms with E-state index < -0.39 is 17.8 Å². The molecule has 4 nitrogen and oxygen atoms in total. The predicted molar refractivity (Wildman–Crippen MR) is 43.7 cm³/mol. The third-order valence-corrected chi connectivity index (χ3v) is 1.34. The van der Waals surface area contributed by atoms with Crippen LogP contribution in [-0.4, -0.2) is 10.9 Å². The van der Waals surface area contributed by atoms with Crippen molar-refractivity contribution in [2.24, 2.45) is 0 Å². The summed E-state index contributed by atoms with van der Waals surface area (Å²) in [6.07, 6.45) is -3.61. The van der Waals surface area contributed by atoms with Gasteiger partial charge in [-0.25, -0.2) is 4.98 Å². The van der Waals surface area contributed by atoms with E-state index in [1.165, 1.54) is 6.92 Å². The molecule has 1 amide bonds. The topological polar surface area (TPSA) is 51.2 Å². The van der Waals surface area contributed by atoms with Crippen LogP contribution in [0.5, 0.6) is 5.75 Å². The molecule has 0 aliphatic rings. The Kier molecular flexibility index (Phi) is 3.13. The fourth-order valence-electron chi connectivity index (χ4n) is 0.739. The van der Waals surface area contributed by atoms with E-state index in [4.69, 9.17) is 0 Å². The second-order valence-electron chi connectivity index (χ2n) is 2.64. The quantitative estimate of drug-likeness (QED) is 0.769. The van der Waals surface area contributed by atoms with Crippen molar-refractivity contribution in [3.05, 3.63) is 24.0 Å². The number of hydrogen-bond acceptors (Lipinski definition) is 3. The molecule has 7 heteroatoms. The van der Waals surface area contributed by atoms with Gasteiger partial charge in [-0.3, -0.25) is 4.79 Å². The Morgan fingerprint density at radius 1 is 1.47 bits per heavy atom. The van der Waals surface area contributed by atoms with Crippen molar-refractivity contribution < 1.29 is 22.8 Å². The van der Waals surface area contributed by atoms with E-state index in [-0.39, 0.29) is 5.75 Å². The summed E-state index contributed by atoms with van der Waals surface area (Å²) in [5, 5.41) is 0. The van der Waals surface area contributed by atoms with Crippen LogP contribution in [0.15, 0.2) is 18.3 Å². The van der Waals surface area contributed by atoms with Crippen molar-refractivity contribution >= 4 is 5.91 Å². The molecule has 15 heavy (non-hydrogen) atoms. The molecule has 1 aromatic rings. The minimum Gasteiger partial charge on any atom is -0.378 e. The summed E-state index contributed by atoms with van der Waals surface area (Å²) < 4.78 is 36.2. The monoisotopic (exact) mass is 220 g/mol. The normalized spacial score (nSPS) is 10.9. The SMILES string of the molecule is CC(=O)NOc1ccc(C(F)(F)F)nc1. The van der Waals surface area contributed by atoms with E-state index in [2.05, 4.69) is 9.82 Å². The minimum atomic E-state index is -4.48. The molecule has 0 radical (unpaired) electrons. The molecule has 82 valence electrons. The number of nitrogens with one attached hydrogen (secondary N) is 1. The number of aromatic nitrogens is 1. The Labute approximate surface area is 83.0 Å². The number of halogens is 3. The largest absolute Gasteiger partial charge is 0.433 e. The molecule has 1 heterocycles. The average molecular weight is 220 g/mol. The third-order valence-electron chi connectivity index (χ3n) is 1.34. The van der Waals surface area contributed by atoms with E-state index in [1.807, 2.05) is 5.48 Å². The summed E-state index contributed by atoms with van der Waals surface area (Å²) in [6, 6.07) is 1.82. The smallest absolute Gasteiger partial charge is 0.378 e. The lowest BCUT2D eigenvalue weighted by Crippen LogP contribution is -2.23. The van der Waals surface area contributed by atoms with Gasteiger partial charge >= 0.3 is 6.18 Å². The standard InChI is InChI=1S/C8H7F3N2O2/c1-5(14)13-15-6-2-3-7(12-4-6)8(9,10)11/h2-4H,1H3,(H,13,14). The predicted octanol–water partition coefficient (Wildman–Crippen LogP) is 1.53. The molecule has 0 atom stereocenters. The van der Waals surface area contributed by atoms with Crippen LogP contribution in [0.2, 0.25) is 0 Å². The number of hydrogen-bond donors (Lipinski definition) is 1. The molecule has 0 aliphatic carbocycles. The van der Waals surface area contributed by atoms with E-state index in [1.54, 1.807) is 0 Å². The second-order valence-corrected chi connectivity index (χ2v) is 2.64. The van der Waals surface area contributed by atoms with E-state index in [9.17, 15) is 18.0 Å². The highest BCUT2D eigenvalue weighted by Crippen LogP contribution is 2.27. The van der Waals surface area contributed by atoms with Gasteiger partial charge in [0.2, 0.25) is 5.91 Å². The van der Waals surface area contributed by atoms with Crippen LogP contribution in [-0.2, 0) is 11.0 Å². The van der Waals surface area contributed by atoms with Gasteiger partial charge in [0.25, 0.3) is 0 Å². The van der Waals surface area contributed by atoms with Crippen LogP contribution in [0.4, 0.5) is 13.2 Å². The summed E-state index contributed by atoms with van der Waals surface area (Å²) in [4.78, 5) is 18.1. The third kappa shape index (κ3) is 3.45. The Hall–Kier alpha value is -1.79. The van der Waals surface area contributed by atoms with Crippen molar-refractivity contribution in [1.29, 1.82) is 0 Å². The van der Waals surface area contributed by atoms with Gasteiger partial charge in [0.15, 0.2) is 5.75 Å². The number of carbonyl (C=O) groups is 1. The van der Waals surface area contributed by atoms with Gasteiger partial charge in [-0.2, -0.15) is 18.7 Å². The van der Waals surface area contributed by atoms with Crippen LogP contribution < -0.4 is 10.3 Å². The zero-order valence-electron chi connectivity index (χ0n) is 7.63. The summed E-state index contributed by atoms with van der Waals surface area (Å²) in [5.74, 6) is -0.437. The number of amides is 1. The lowest BCUT2D eigenvalue weighted by Gasteiger charge is -2.07. The average Bonchev–Trinajstić information content (AvgIpc) is 2.14. The van der Waals surface area contributed by atoms with E-state index in [0.29, 0.717) is 0 Å². The molecule has 0 saturated heterocycles. The highest BCUT2D eigenvalue weighted by Gasteiger charge is 2.32. The number of pyridine rings is 1. The van der Waals surface area contributed by atoms with Crippen molar-refractivity contribution in [2.75, 3.05) is 0 Å². The first-order chi connectivity index (χ1) is 6.89. The maximum atomic E-state index is 12.1. The van der Waals surface area contributed by atoms with Crippen molar-refractivity contribution in [3.8, 4) is 5.75 Å². The van der Waals surface area contributed by atoms with Gasteiger partial charge in [0, 0.05) is 6.92 Å². The Balaban J connectivity index is 2.69. The molecule has 0 saturated carbocycles. The van der Waals surface area contributed by atoms with Crippen LogP contribution >= 0.6 is 0 Å². The number of hydroxylamine groups is 1. The molecular formula is C8H7F3N2O2. The van der Waals surface area contributed by atoms with Crippen molar-refractivity contribution in [3.63, 3.8) is 0 Å². The van der Waals surface area contributed by atoms with Crippen molar-refractivity contribution in [2.45, 2.75) is 13.1 Å². The molecule has 1 rings (SSSR count). The molecule has 0 aromatic carbocycles. The van der Waals surface area contributed by atoms with E-state index >= 15 is 0 Å². The summed E-state index contributed by atoms with van der Waals surface area (Å²) in [7, 11) is 0. The first-order valence-corrected chi connectivity index (χ1v) is 3.86. The van der Waals surface area contributed by atoms with Gasteiger partial charge in [0.05, 0.1) is 6.20 Å². The lowest BCUT2D eigenvalue weighted by atomic mass is 10.3. The highest BCUT2D eigenvalue weighted by atomic mass is 19.4.